The van der Waals surface area contributed by atoms with Gasteiger partial charge in [0.15, 0.2) is 0 Å². The highest BCUT2D eigenvalue weighted by atomic mass is 35.5. The van der Waals surface area contributed by atoms with E-state index in [1.165, 1.54) is 6.07 Å². The highest BCUT2D eigenvalue weighted by Crippen LogP contribution is 2.29. The number of hydrogen-bond donors (Lipinski definition) is 2. The van der Waals surface area contributed by atoms with Gasteiger partial charge in [0.05, 0.1) is 11.6 Å². The summed E-state index contributed by atoms with van der Waals surface area (Å²) in [6.07, 6.45) is -1.54. The van der Waals surface area contributed by atoms with E-state index in [-0.39, 0.29) is 30.9 Å². The summed E-state index contributed by atoms with van der Waals surface area (Å²) in [6, 6.07) is 4.78. The molecule has 7 heteroatoms. The van der Waals surface area contributed by atoms with Crippen molar-refractivity contribution in [2.75, 3.05) is 6.54 Å². The first kappa shape index (κ1) is 17.8. The molecule has 0 aliphatic carbocycles. The van der Waals surface area contributed by atoms with E-state index in [2.05, 4.69) is 10.6 Å². The van der Waals surface area contributed by atoms with E-state index in [0.717, 1.165) is 37.9 Å². The van der Waals surface area contributed by atoms with Crippen LogP contribution in [0.5, 0.6) is 0 Å². The van der Waals surface area contributed by atoms with Crippen LogP contribution in [-0.4, -0.2) is 18.5 Å². The normalized spacial score (nSPS) is 18.7. The van der Waals surface area contributed by atoms with Crippen LogP contribution < -0.4 is 10.6 Å². The molecule has 2 N–H and O–H groups in total. The van der Waals surface area contributed by atoms with Crippen LogP contribution in [0.25, 0.3) is 0 Å². The second kappa shape index (κ2) is 7.66. The fourth-order valence-electron chi connectivity index (χ4n) is 2.25. The topological polar surface area (TPSA) is 41.1 Å². The first-order valence-corrected chi connectivity index (χ1v) is 6.64. The lowest BCUT2D eigenvalue weighted by Gasteiger charge is -2.22. The van der Waals surface area contributed by atoms with E-state index in [0.29, 0.717) is 5.56 Å². The van der Waals surface area contributed by atoms with Gasteiger partial charge in [0, 0.05) is 6.54 Å². The third-order valence-corrected chi connectivity index (χ3v) is 3.35. The summed E-state index contributed by atoms with van der Waals surface area (Å²) < 4.78 is 37.7. The number of rotatable bonds is 3. The number of hydrogen-bond acceptors (Lipinski definition) is 2. The van der Waals surface area contributed by atoms with Crippen LogP contribution in [0.3, 0.4) is 0 Å². The minimum atomic E-state index is -4.36. The average Bonchev–Trinajstić information content (AvgIpc) is 2.45. The molecule has 118 valence electrons. The fourth-order valence-corrected chi connectivity index (χ4v) is 2.25. The Kier molecular flexibility index (Phi) is 6.48. The molecule has 1 aromatic rings. The van der Waals surface area contributed by atoms with Gasteiger partial charge in [-0.25, -0.2) is 0 Å². The van der Waals surface area contributed by atoms with Gasteiger partial charge in [0.1, 0.15) is 0 Å². The Morgan fingerprint density at radius 2 is 2.10 bits per heavy atom. The average molecular weight is 323 g/mol. The summed E-state index contributed by atoms with van der Waals surface area (Å²) in [6.45, 7) is 0.919. The molecular weight excluding hydrogens is 305 g/mol. The molecule has 2 rings (SSSR count). The van der Waals surface area contributed by atoms with Crippen molar-refractivity contribution in [3.8, 4) is 0 Å². The maximum atomic E-state index is 12.6. The predicted octanol–water partition coefficient (Wildman–Crippen LogP) is 2.89. The summed E-state index contributed by atoms with van der Waals surface area (Å²) in [4.78, 5) is 11.9. The zero-order valence-corrected chi connectivity index (χ0v) is 12.2. The predicted molar refractivity (Wildman–Crippen MR) is 76.2 cm³/mol. The van der Waals surface area contributed by atoms with Gasteiger partial charge in [-0.05, 0) is 37.1 Å². The van der Waals surface area contributed by atoms with Crippen molar-refractivity contribution < 1.29 is 18.0 Å². The molecule has 1 heterocycles. The maximum Gasteiger partial charge on any atom is 0.416 e. The summed E-state index contributed by atoms with van der Waals surface area (Å²) in [5.41, 5.74) is -0.246. The minimum absolute atomic E-state index is 0. The monoisotopic (exact) mass is 322 g/mol. The van der Waals surface area contributed by atoms with Gasteiger partial charge in [-0.15, -0.1) is 12.4 Å². The first-order chi connectivity index (χ1) is 9.47. The Balaban J connectivity index is 0.00000220. The molecule has 1 aliphatic rings. The van der Waals surface area contributed by atoms with E-state index < -0.39 is 11.7 Å². The van der Waals surface area contributed by atoms with E-state index >= 15 is 0 Å². The van der Waals surface area contributed by atoms with Gasteiger partial charge in [-0.1, -0.05) is 18.6 Å². The SMILES string of the molecule is Cl.O=C(NCc1cccc(C(F)(F)F)c1)[C@H]1CCCCN1. The molecule has 21 heavy (non-hydrogen) atoms. The zero-order valence-electron chi connectivity index (χ0n) is 11.4. The molecule has 1 saturated heterocycles. The first-order valence-electron chi connectivity index (χ1n) is 6.64. The van der Waals surface area contributed by atoms with Gasteiger partial charge in [-0.3, -0.25) is 4.79 Å². The largest absolute Gasteiger partial charge is 0.416 e. The van der Waals surface area contributed by atoms with E-state index in [9.17, 15) is 18.0 Å². The molecule has 1 aliphatic heterocycles. The van der Waals surface area contributed by atoms with Crippen molar-refractivity contribution in [3.63, 3.8) is 0 Å². The number of nitrogens with one attached hydrogen (secondary N) is 2. The number of alkyl halides is 3. The lowest BCUT2D eigenvalue weighted by Crippen LogP contribution is -2.46. The highest BCUT2D eigenvalue weighted by Gasteiger charge is 2.30. The van der Waals surface area contributed by atoms with Gasteiger partial charge < -0.3 is 10.6 Å². The Labute approximate surface area is 127 Å². The molecule has 0 bridgehead atoms. The number of piperidine rings is 1. The van der Waals surface area contributed by atoms with Crippen LogP contribution in [0.15, 0.2) is 24.3 Å². The highest BCUT2D eigenvalue weighted by molar-refractivity contribution is 5.85. The molecule has 1 aromatic carbocycles. The van der Waals surface area contributed by atoms with Crippen LogP contribution in [-0.2, 0) is 17.5 Å². The Morgan fingerprint density at radius 1 is 1.33 bits per heavy atom. The van der Waals surface area contributed by atoms with Crippen LogP contribution in [0.2, 0.25) is 0 Å². The second-order valence-electron chi connectivity index (χ2n) is 4.92. The molecule has 1 amide bonds. The van der Waals surface area contributed by atoms with Gasteiger partial charge in [0.25, 0.3) is 0 Å². The maximum absolute atomic E-state index is 12.6. The quantitative estimate of drug-likeness (QED) is 0.898. The van der Waals surface area contributed by atoms with E-state index in [4.69, 9.17) is 0 Å². The van der Waals surface area contributed by atoms with Gasteiger partial charge in [-0.2, -0.15) is 13.2 Å². The number of amides is 1. The Hall–Kier alpha value is -1.27. The zero-order chi connectivity index (χ0) is 14.6. The molecule has 0 aromatic heterocycles. The second-order valence-corrected chi connectivity index (χ2v) is 4.92. The summed E-state index contributed by atoms with van der Waals surface area (Å²) in [7, 11) is 0. The number of carbonyl (C=O) groups excluding carboxylic acids is 1. The number of halogens is 4. The van der Waals surface area contributed by atoms with Crippen molar-refractivity contribution in [2.24, 2.45) is 0 Å². The van der Waals surface area contributed by atoms with Crippen molar-refractivity contribution in [2.45, 2.75) is 38.0 Å². The molecule has 0 spiro atoms. The molecule has 0 saturated carbocycles. The van der Waals surface area contributed by atoms with Crippen LogP contribution in [0.4, 0.5) is 13.2 Å². The van der Waals surface area contributed by atoms with Crippen molar-refractivity contribution in [1.82, 2.24) is 10.6 Å². The molecule has 1 atom stereocenters. The summed E-state index contributed by atoms with van der Waals surface area (Å²) in [5.74, 6) is -0.151. The Bertz CT molecular complexity index is 474. The standard InChI is InChI=1S/C14H17F3N2O.ClH/c15-14(16,17)11-5-3-4-10(8-11)9-19-13(20)12-6-1-2-7-18-12;/h3-5,8,12,18H,1-2,6-7,9H2,(H,19,20);1H/t12-;/m1./s1. The third-order valence-electron chi connectivity index (χ3n) is 3.35. The lowest BCUT2D eigenvalue weighted by atomic mass is 10.0. The van der Waals surface area contributed by atoms with Crippen molar-refractivity contribution >= 4 is 18.3 Å². The van der Waals surface area contributed by atoms with Crippen LogP contribution in [0.1, 0.15) is 30.4 Å². The summed E-state index contributed by atoms with van der Waals surface area (Å²) in [5, 5.41) is 5.78. The van der Waals surface area contributed by atoms with Crippen molar-refractivity contribution in [1.29, 1.82) is 0 Å². The summed E-state index contributed by atoms with van der Waals surface area (Å²) >= 11 is 0. The molecule has 0 unspecified atom stereocenters. The molecule has 3 nitrogen and oxygen atoms in total. The smallest absolute Gasteiger partial charge is 0.351 e. The minimum Gasteiger partial charge on any atom is -0.351 e. The molecule has 1 fully saturated rings. The number of benzene rings is 1. The lowest BCUT2D eigenvalue weighted by molar-refractivity contribution is -0.137. The molecule has 0 radical (unpaired) electrons. The fraction of sp³-hybridized carbons (Fsp3) is 0.500. The van der Waals surface area contributed by atoms with E-state index in [1.54, 1.807) is 6.07 Å². The third kappa shape index (κ3) is 5.21. The van der Waals surface area contributed by atoms with Crippen molar-refractivity contribution in [3.05, 3.63) is 35.4 Å². The number of carbonyl (C=O) groups is 1. The van der Waals surface area contributed by atoms with Gasteiger partial charge >= 0.3 is 6.18 Å². The Morgan fingerprint density at radius 3 is 2.71 bits per heavy atom. The van der Waals surface area contributed by atoms with Gasteiger partial charge in [0.2, 0.25) is 5.91 Å². The van der Waals surface area contributed by atoms with Crippen LogP contribution >= 0.6 is 12.4 Å². The van der Waals surface area contributed by atoms with E-state index in [1.807, 2.05) is 0 Å². The van der Waals surface area contributed by atoms with Crippen LogP contribution in [0, 0.1) is 0 Å². The molecular formula is C14H18ClF3N2O.